The van der Waals surface area contributed by atoms with Crippen LogP contribution in [0.1, 0.15) is 5.56 Å². The zero-order valence-corrected chi connectivity index (χ0v) is 9.26. The van der Waals surface area contributed by atoms with Gasteiger partial charge in [0.1, 0.15) is 0 Å². The van der Waals surface area contributed by atoms with E-state index in [-0.39, 0.29) is 6.54 Å². The van der Waals surface area contributed by atoms with Gasteiger partial charge < -0.3 is 5.73 Å². The Kier molecular flexibility index (Phi) is 4.64. The largest absolute Gasteiger partial charge is 0.369 e. The second-order valence-electron chi connectivity index (χ2n) is 3.35. The summed E-state index contributed by atoms with van der Waals surface area (Å²) in [5.41, 5.74) is 14.3. The molecule has 1 amide bonds. The zero-order valence-electron chi connectivity index (χ0n) is 8.51. The normalized spacial score (nSPS) is 11.6. The maximum absolute atomic E-state index is 11.1. The first-order chi connectivity index (χ1) is 7.63. The molecule has 0 aromatic heterocycles. The van der Waals surface area contributed by atoms with Crippen molar-refractivity contribution >= 4 is 17.5 Å². The average Bonchev–Trinajstić information content (AvgIpc) is 2.24. The molecule has 0 aliphatic heterocycles. The number of azide groups is 1. The molecule has 16 heavy (non-hydrogen) atoms. The van der Waals surface area contributed by atoms with Crippen molar-refractivity contribution in [1.29, 1.82) is 0 Å². The molecule has 0 fully saturated rings. The number of carbonyl (C=O) groups is 1. The third-order valence-electron chi connectivity index (χ3n) is 2.14. The van der Waals surface area contributed by atoms with Gasteiger partial charge in [0.25, 0.3) is 0 Å². The Morgan fingerprint density at radius 3 is 2.94 bits per heavy atom. The van der Waals surface area contributed by atoms with Gasteiger partial charge in [0, 0.05) is 22.4 Å². The van der Waals surface area contributed by atoms with Gasteiger partial charge in [-0.1, -0.05) is 28.8 Å². The summed E-state index contributed by atoms with van der Waals surface area (Å²) in [5, 5.41) is 3.96. The van der Waals surface area contributed by atoms with Gasteiger partial charge in [-0.2, -0.15) is 0 Å². The van der Waals surface area contributed by atoms with Gasteiger partial charge >= 0.3 is 0 Å². The fourth-order valence-corrected chi connectivity index (χ4v) is 1.55. The topological polar surface area (TPSA) is 91.8 Å². The van der Waals surface area contributed by atoms with E-state index >= 15 is 0 Å². The first-order valence-electron chi connectivity index (χ1n) is 4.68. The Morgan fingerprint density at radius 1 is 1.62 bits per heavy atom. The summed E-state index contributed by atoms with van der Waals surface area (Å²) in [4.78, 5) is 13.7. The number of hydrogen-bond acceptors (Lipinski definition) is 2. The first kappa shape index (κ1) is 12.4. The fourth-order valence-electron chi connectivity index (χ4n) is 1.34. The average molecular weight is 239 g/mol. The minimum Gasteiger partial charge on any atom is -0.369 e. The molecule has 0 heterocycles. The maximum Gasteiger partial charge on any atom is 0.220 e. The lowest BCUT2D eigenvalue weighted by Gasteiger charge is -2.10. The molecular weight excluding hydrogens is 228 g/mol. The summed E-state index contributed by atoms with van der Waals surface area (Å²) >= 11 is 5.81. The molecule has 0 aliphatic rings. The van der Waals surface area contributed by atoms with E-state index in [2.05, 4.69) is 10.0 Å². The molecule has 1 aromatic rings. The van der Waals surface area contributed by atoms with Crippen molar-refractivity contribution < 1.29 is 4.79 Å². The van der Waals surface area contributed by atoms with Crippen LogP contribution in [0, 0.1) is 5.92 Å². The molecule has 1 aromatic carbocycles. The fraction of sp³-hybridized carbons (Fsp3) is 0.300. The van der Waals surface area contributed by atoms with Gasteiger partial charge in [0.15, 0.2) is 0 Å². The van der Waals surface area contributed by atoms with Crippen molar-refractivity contribution in [3.63, 3.8) is 0 Å². The van der Waals surface area contributed by atoms with Gasteiger partial charge in [-0.3, -0.25) is 4.79 Å². The highest BCUT2D eigenvalue weighted by Crippen LogP contribution is 2.14. The van der Waals surface area contributed by atoms with Crippen LogP contribution < -0.4 is 5.73 Å². The number of rotatable bonds is 5. The lowest BCUT2D eigenvalue weighted by Crippen LogP contribution is -2.27. The second-order valence-corrected chi connectivity index (χ2v) is 3.78. The highest BCUT2D eigenvalue weighted by atomic mass is 35.5. The molecule has 0 aliphatic carbocycles. The van der Waals surface area contributed by atoms with Gasteiger partial charge in [-0.15, -0.1) is 0 Å². The minimum atomic E-state index is -0.491. The Labute approximate surface area is 97.8 Å². The number of nitrogens with two attached hydrogens (primary N) is 1. The van der Waals surface area contributed by atoms with Crippen LogP contribution in [0.4, 0.5) is 0 Å². The van der Waals surface area contributed by atoms with Crippen molar-refractivity contribution in [2.75, 3.05) is 6.54 Å². The van der Waals surface area contributed by atoms with Gasteiger partial charge in [-0.05, 0) is 29.6 Å². The number of benzene rings is 1. The summed E-state index contributed by atoms with van der Waals surface area (Å²) < 4.78 is 0. The standard InChI is InChI=1S/C10H11ClN4O/c11-9-3-1-2-7(5-9)4-8(10(12)16)6-14-15-13/h1-3,5,8H,4,6H2,(H2,12,16)/t8-/m0/s1. The zero-order chi connectivity index (χ0) is 12.0. The maximum atomic E-state index is 11.1. The Hall–Kier alpha value is -1.71. The van der Waals surface area contributed by atoms with Crippen LogP contribution in [-0.4, -0.2) is 12.5 Å². The van der Waals surface area contributed by atoms with E-state index in [1.807, 2.05) is 6.07 Å². The molecule has 2 N–H and O–H groups in total. The third-order valence-corrected chi connectivity index (χ3v) is 2.37. The quantitative estimate of drug-likeness (QED) is 0.476. The van der Waals surface area contributed by atoms with Gasteiger partial charge in [-0.25, -0.2) is 0 Å². The lowest BCUT2D eigenvalue weighted by atomic mass is 9.99. The van der Waals surface area contributed by atoms with Gasteiger partial charge in [0.2, 0.25) is 5.91 Å². The number of primary amides is 1. The molecule has 0 saturated heterocycles. The van der Waals surface area contributed by atoms with E-state index in [0.717, 1.165) is 5.56 Å². The molecule has 0 saturated carbocycles. The Balaban J connectivity index is 2.75. The van der Waals surface area contributed by atoms with Crippen LogP contribution in [0.2, 0.25) is 5.02 Å². The van der Waals surface area contributed by atoms with E-state index in [9.17, 15) is 4.79 Å². The summed E-state index contributed by atoms with van der Waals surface area (Å²) in [7, 11) is 0. The van der Waals surface area contributed by atoms with Crippen LogP contribution in [0.3, 0.4) is 0 Å². The number of halogens is 1. The molecule has 0 bridgehead atoms. The predicted octanol–water partition coefficient (Wildman–Crippen LogP) is 2.29. The van der Waals surface area contributed by atoms with Crippen molar-refractivity contribution in [2.45, 2.75) is 6.42 Å². The summed E-state index contributed by atoms with van der Waals surface area (Å²) in [6.07, 6.45) is 0.426. The molecule has 0 unspecified atom stereocenters. The van der Waals surface area contributed by atoms with E-state index in [0.29, 0.717) is 11.4 Å². The highest BCUT2D eigenvalue weighted by molar-refractivity contribution is 6.30. The van der Waals surface area contributed by atoms with Crippen molar-refractivity contribution in [3.8, 4) is 0 Å². The van der Waals surface area contributed by atoms with Crippen LogP contribution in [-0.2, 0) is 11.2 Å². The van der Waals surface area contributed by atoms with Gasteiger partial charge in [0.05, 0.1) is 0 Å². The molecular formula is C10H11ClN4O. The highest BCUT2D eigenvalue weighted by Gasteiger charge is 2.14. The summed E-state index contributed by atoms with van der Waals surface area (Å²) in [6, 6.07) is 7.15. The molecule has 84 valence electrons. The third kappa shape index (κ3) is 3.81. The van der Waals surface area contributed by atoms with E-state index in [1.165, 1.54) is 0 Å². The molecule has 1 atom stereocenters. The Morgan fingerprint density at radius 2 is 2.38 bits per heavy atom. The lowest BCUT2D eigenvalue weighted by molar-refractivity contribution is -0.121. The summed E-state index contributed by atoms with van der Waals surface area (Å²) in [5.74, 6) is -0.971. The van der Waals surface area contributed by atoms with E-state index in [4.69, 9.17) is 22.9 Å². The molecule has 6 heteroatoms. The number of amides is 1. The van der Waals surface area contributed by atoms with Crippen LogP contribution in [0.5, 0.6) is 0 Å². The van der Waals surface area contributed by atoms with Crippen LogP contribution in [0.15, 0.2) is 29.4 Å². The molecule has 5 nitrogen and oxygen atoms in total. The van der Waals surface area contributed by atoms with Crippen molar-refractivity contribution in [2.24, 2.45) is 16.8 Å². The Bertz CT molecular complexity index is 429. The first-order valence-corrected chi connectivity index (χ1v) is 5.06. The monoisotopic (exact) mass is 238 g/mol. The number of nitrogens with zero attached hydrogens (tertiary/aromatic N) is 3. The molecule has 0 radical (unpaired) electrons. The van der Waals surface area contributed by atoms with Crippen molar-refractivity contribution in [1.82, 2.24) is 0 Å². The van der Waals surface area contributed by atoms with Crippen LogP contribution >= 0.6 is 11.6 Å². The minimum absolute atomic E-state index is 0.0678. The van der Waals surface area contributed by atoms with Crippen LogP contribution in [0.25, 0.3) is 10.4 Å². The van der Waals surface area contributed by atoms with Crippen molar-refractivity contribution in [3.05, 3.63) is 45.3 Å². The SMILES string of the molecule is [N-]=[N+]=NC[C@H](Cc1cccc(Cl)c1)C(N)=O. The molecule has 0 spiro atoms. The number of hydrogen-bond donors (Lipinski definition) is 1. The summed E-state index contributed by atoms with van der Waals surface area (Å²) in [6.45, 7) is 0.0678. The molecule has 1 rings (SSSR count). The van der Waals surface area contributed by atoms with E-state index < -0.39 is 11.8 Å². The number of carbonyl (C=O) groups excluding carboxylic acids is 1. The predicted molar refractivity (Wildman–Crippen MR) is 61.9 cm³/mol. The van der Waals surface area contributed by atoms with E-state index in [1.54, 1.807) is 18.2 Å². The second kappa shape index (κ2) is 6.00. The smallest absolute Gasteiger partial charge is 0.220 e.